The third-order valence-electron chi connectivity index (χ3n) is 2.73. The van der Waals surface area contributed by atoms with Crippen molar-refractivity contribution in [2.45, 2.75) is 38.4 Å². The molecule has 0 aliphatic heterocycles. The summed E-state index contributed by atoms with van der Waals surface area (Å²) in [7, 11) is 0. The predicted octanol–water partition coefficient (Wildman–Crippen LogP) is 3.63. The molecule has 1 aromatic rings. The van der Waals surface area contributed by atoms with Gasteiger partial charge in [-0.1, -0.05) is 6.92 Å². The van der Waals surface area contributed by atoms with Crippen LogP contribution >= 0.6 is 11.3 Å². The Kier molecular flexibility index (Phi) is 7.41. The van der Waals surface area contributed by atoms with E-state index in [4.69, 9.17) is 0 Å². The number of thiophene rings is 1. The molecule has 1 N–H and O–H groups in total. The summed E-state index contributed by atoms with van der Waals surface area (Å²) in [4.78, 5) is 0. The molecule has 0 aromatic carbocycles. The zero-order chi connectivity index (χ0) is 14.1. The first-order valence-electron chi connectivity index (χ1n) is 6.40. The summed E-state index contributed by atoms with van der Waals surface area (Å²) in [5.41, 5.74) is 1.28. The maximum atomic E-state index is 11.9. The van der Waals surface area contributed by atoms with Crippen LogP contribution in [0.5, 0.6) is 0 Å². The minimum Gasteiger partial charge on any atom is -0.372 e. The summed E-state index contributed by atoms with van der Waals surface area (Å²) < 4.78 is 40.4. The van der Waals surface area contributed by atoms with Gasteiger partial charge in [-0.25, -0.2) is 0 Å². The number of ether oxygens (including phenoxy) is 1. The van der Waals surface area contributed by atoms with E-state index in [-0.39, 0.29) is 12.6 Å². The van der Waals surface area contributed by atoms with Crippen molar-refractivity contribution in [3.63, 3.8) is 0 Å². The average Bonchev–Trinajstić information content (AvgIpc) is 2.83. The molecule has 19 heavy (non-hydrogen) atoms. The first kappa shape index (κ1) is 16.5. The van der Waals surface area contributed by atoms with Crippen LogP contribution in [0.1, 0.15) is 25.3 Å². The molecule has 1 rings (SSSR count). The lowest BCUT2D eigenvalue weighted by Gasteiger charge is -2.18. The molecule has 1 aromatic heterocycles. The Labute approximate surface area is 116 Å². The lowest BCUT2D eigenvalue weighted by Crippen LogP contribution is -2.31. The molecule has 0 bridgehead atoms. The number of halogens is 3. The predicted molar refractivity (Wildman–Crippen MR) is 71.6 cm³/mol. The maximum Gasteiger partial charge on any atom is 0.411 e. The zero-order valence-corrected chi connectivity index (χ0v) is 11.8. The fraction of sp³-hybridized carbons (Fsp3) is 0.692. The molecule has 0 radical (unpaired) electrons. The van der Waals surface area contributed by atoms with Crippen molar-refractivity contribution in [3.8, 4) is 0 Å². The van der Waals surface area contributed by atoms with E-state index in [2.05, 4.69) is 21.5 Å². The summed E-state index contributed by atoms with van der Waals surface area (Å²) in [5, 5.41) is 7.42. The Balaban J connectivity index is 2.20. The molecule has 0 amide bonds. The summed E-state index contributed by atoms with van der Waals surface area (Å²) in [6.07, 6.45) is -1.77. The normalized spacial score (nSPS) is 13.7. The first-order valence-corrected chi connectivity index (χ1v) is 7.34. The highest BCUT2D eigenvalue weighted by molar-refractivity contribution is 7.07. The van der Waals surface area contributed by atoms with Crippen LogP contribution in [-0.2, 0) is 11.2 Å². The van der Waals surface area contributed by atoms with E-state index in [1.807, 2.05) is 12.3 Å². The van der Waals surface area contributed by atoms with Crippen LogP contribution < -0.4 is 5.32 Å². The largest absolute Gasteiger partial charge is 0.411 e. The Hall–Kier alpha value is -0.590. The number of aryl methyl sites for hydroxylation is 1. The van der Waals surface area contributed by atoms with Crippen LogP contribution in [0.25, 0.3) is 0 Å². The van der Waals surface area contributed by atoms with E-state index in [1.165, 1.54) is 5.56 Å². The highest BCUT2D eigenvalue weighted by Crippen LogP contribution is 2.15. The molecule has 0 aliphatic carbocycles. The van der Waals surface area contributed by atoms with Crippen LogP contribution in [0.4, 0.5) is 13.2 Å². The molecular formula is C13H20F3NOS. The molecule has 0 spiro atoms. The van der Waals surface area contributed by atoms with Crippen molar-refractivity contribution in [1.29, 1.82) is 0 Å². The molecule has 0 saturated carbocycles. The van der Waals surface area contributed by atoms with Gasteiger partial charge in [-0.2, -0.15) is 24.5 Å². The topological polar surface area (TPSA) is 21.3 Å². The van der Waals surface area contributed by atoms with Crippen molar-refractivity contribution in [2.24, 2.45) is 0 Å². The van der Waals surface area contributed by atoms with Gasteiger partial charge in [0.25, 0.3) is 0 Å². The van der Waals surface area contributed by atoms with Gasteiger partial charge in [-0.05, 0) is 48.2 Å². The van der Waals surface area contributed by atoms with Crippen molar-refractivity contribution in [1.82, 2.24) is 5.32 Å². The van der Waals surface area contributed by atoms with Crippen LogP contribution in [0.2, 0.25) is 0 Å². The average molecular weight is 295 g/mol. The molecule has 0 aliphatic rings. The summed E-state index contributed by atoms with van der Waals surface area (Å²) in [6, 6.07) is 2.28. The zero-order valence-electron chi connectivity index (χ0n) is 11.0. The monoisotopic (exact) mass is 295 g/mol. The van der Waals surface area contributed by atoms with Gasteiger partial charge in [-0.3, -0.25) is 0 Å². The molecule has 1 atom stereocenters. The lowest BCUT2D eigenvalue weighted by atomic mass is 10.1. The lowest BCUT2D eigenvalue weighted by molar-refractivity contribution is -0.174. The molecule has 1 heterocycles. The highest BCUT2D eigenvalue weighted by atomic mass is 32.1. The minimum atomic E-state index is -4.23. The Bertz CT molecular complexity index is 327. The Morgan fingerprint density at radius 1 is 1.37 bits per heavy atom. The van der Waals surface area contributed by atoms with Gasteiger partial charge in [0, 0.05) is 12.6 Å². The quantitative estimate of drug-likeness (QED) is 0.702. The van der Waals surface area contributed by atoms with Gasteiger partial charge in [0.1, 0.15) is 6.61 Å². The molecular weight excluding hydrogens is 275 g/mol. The third kappa shape index (κ3) is 8.23. The van der Waals surface area contributed by atoms with Crippen molar-refractivity contribution >= 4 is 11.3 Å². The second kappa shape index (κ2) is 8.55. The van der Waals surface area contributed by atoms with E-state index < -0.39 is 12.8 Å². The molecule has 0 saturated heterocycles. The van der Waals surface area contributed by atoms with Crippen LogP contribution in [-0.4, -0.2) is 32.0 Å². The minimum absolute atomic E-state index is 0.140. The molecule has 2 nitrogen and oxygen atoms in total. The Morgan fingerprint density at radius 2 is 2.16 bits per heavy atom. The van der Waals surface area contributed by atoms with E-state index in [0.717, 1.165) is 19.4 Å². The highest BCUT2D eigenvalue weighted by Gasteiger charge is 2.27. The van der Waals surface area contributed by atoms with Crippen molar-refractivity contribution < 1.29 is 17.9 Å². The Morgan fingerprint density at radius 3 is 2.74 bits per heavy atom. The summed E-state index contributed by atoms with van der Waals surface area (Å²) >= 11 is 1.66. The molecule has 1 unspecified atom stereocenters. The second-order valence-corrected chi connectivity index (χ2v) is 5.16. The van der Waals surface area contributed by atoms with Crippen LogP contribution in [0.15, 0.2) is 16.8 Å². The number of alkyl halides is 3. The SMILES string of the molecule is CCNC(CCOCC(F)(F)F)CCc1ccsc1. The molecule has 6 heteroatoms. The third-order valence-corrected chi connectivity index (χ3v) is 3.46. The van der Waals surface area contributed by atoms with Gasteiger partial charge in [0.05, 0.1) is 0 Å². The van der Waals surface area contributed by atoms with Crippen molar-refractivity contribution in [3.05, 3.63) is 22.4 Å². The molecule has 110 valence electrons. The van der Waals surface area contributed by atoms with Crippen LogP contribution in [0, 0.1) is 0 Å². The standard InChI is InChI=1S/C13H20F3NOS/c1-2-17-12(4-3-11-6-8-19-9-11)5-7-18-10-13(14,15)16/h6,8-9,12,17H,2-5,7,10H2,1H3. The number of rotatable bonds is 9. The number of nitrogens with one attached hydrogen (secondary N) is 1. The van der Waals surface area contributed by atoms with Gasteiger partial charge < -0.3 is 10.1 Å². The van der Waals surface area contributed by atoms with E-state index >= 15 is 0 Å². The summed E-state index contributed by atoms with van der Waals surface area (Å²) in [6.45, 7) is 1.79. The maximum absolute atomic E-state index is 11.9. The van der Waals surface area contributed by atoms with Gasteiger partial charge in [0.2, 0.25) is 0 Å². The van der Waals surface area contributed by atoms with Gasteiger partial charge >= 0.3 is 6.18 Å². The number of hydrogen-bond donors (Lipinski definition) is 1. The molecule has 0 fully saturated rings. The van der Waals surface area contributed by atoms with Gasteiger partial charge in [-0.15, -0.1) is 0 Å². The fourth-order valence-corrected chi connectivity index (χ4v) is 2.53. The van der Waals surface area contributed by atoms with Crippen LogP contribution in [0.3, 0.4) is 0 Å². The van der Waals surface area contributed by atoms with E-state index in [1.54, 1.807) is 11.3 Å². The second-order valence-electron chi connectivity index (χ2n) is 4.38. The van der Waals surface area contributed by atoms with E-state index in [0.29, 0.717) is 6.42 Å². The van der Waals surface area contributed by atoms with E-state index in [9.17, 15) is 13.2 Å². The fourth-order valence-electron chi connectivity index (χ4n) is 1.83. The smallest absolute Gasteiger partial charge is 0.372 e. The first-order chi connectivity index (χ1) is 9.01. The van der Waals surface area contributed by atoms with Crippen molar-refractivity contribution in [2.75, 3.05) is 19.8 Å². The number of hydrogen-bond acceptors (Lipinski definition) is 3. The van der Waals surface area contributed by atoms with Gasteiger partial charge in [0.15, 0.2) is 0 Å². The summed E-state index contributed by atoms with van der Waals surface area (Å²) in [5.74, 6) is 0.